The van der Waals surface area contributed by atoms with Gasteiger partial charge in [-0.2, -0.15) is 5.10 Å². The lowest BCUT2D eigenvalue weighted by Gasteiger charge is -2.46. The average molecular weight is 401 g/mol. The molecule has 1 aliphatic carbocycles. The predicted octanol–water partition coefficient (Wildman–Crippen LogP) is 2.01. The SMILES string of the molecule is CCn1ncc(C(=O)N2CCCC(c3nnnn3C3CCCC3)(N(C)C)C2)c1C. The molecule has 4 rings (SSSR count). The van der Waals surface area contributed by atoms with Crippen LogP contribution < -0.4 is 0 Å². The van der Waals surface area contributed by atoms with E-state index in [0.29, 0.717) is 18.2 Å². The number of amides is 1. The van der Waals surface area contributed by atoms with Crippen LogP contribution in [0.25, 0.3) is 0 Å². The molecule has 1 amide bonds. The molecular formula is C20H32N8O. The average Bonchev–Trinajstić information content (AvgIpc) is 3.47. The molecule has 2 aliphatic rings. The molecular weight excluding hydrogens is 368 g/mol. The minimum atomic E-state index is -0.380. The number of carbonyl (C=O) groups excluding carboxylic acids is 1. The lowest BCUT2D eigenvalue weighted by atomic mass is 9.86. The third kappa shape index (κ3) is 3.35. The van der Waals surface area contributed by atoms with E-state index in [1.54, 1.807) is 6.20 Å². The number of likely N-dealkylation sites (N-methyl/N-ethyl adjacent to an activating group) is 1. The van der Waals surface area contributed by atoms with Crippen molar-refractivity contribution in [2.24, 2.45) is 0 Å². The van der Waals surface area contributed by atoms with Gasteiger partial charge < -0.3 is 4.90 Å². The molecule has 9 heteroatoms. The first-order valence-electron chi connectivity index (χ1n) is 10.8. The highest BCUT2D eigenvalue weighted by atomic mass is 16.2. The molecule has 1 saturated carbocycles. The first kappa shape index (κ1) is 20.0. The smallest absolute Gasteiger partial charge is 0.257 e. The van der Waals surface area contributed by atoms with Gasteiger partial charge in [0.25, 0.3) is 5.91 Å². The van der Waals surface area contributed by atoms with Crippen LogP contribution in [-0.2, 0) is 12.1 Å². The summed E-state index contributed by atoms with van der Waals surface area (Å²) in [4.78, 5) is 17.5. The van der Waals surface area contributed by atoms with Crippen molar-refractivity contribution in [2.75, 3.05) is 27.2 Å². The van der Waals surface area contributed by atoms with Crippen LogP contribution in [0.2, 0.25) is 0 Å². The summed E-state index contributed by atoms with van der Waals surface area (Å²) in [6.45, 7) is 6.10. The molecule has 0 bridgehead atoms. The van der Waals surface area contributed by atoms with Crippen molar-refractivity contribution in [3.63, 3.8) is 0 Å². The number of aromatic nitrogens is 6. The fourth-order valence-corrected chi connectivity index (χ4v) is 5.00. The lowest BCUT2D eigenvalue weighted by Crippen LogP contribution is -2.56. The molecule has 0 spiro atoms. The number of aryl methyl sites for hydroxylation is 1. The molecule has 1 saturated heterocycles. The van der Waals surface area contributed by atoms with Crippen LogP contribution in [0.15, 0.2) is 6.20 Å². The van der Waals surface area contributed by atoms with Crippen LogP contribution in [0.1, 0.15) is 73.4 Å². The van der Waals surface area contributed by atoms with E-state index in [2.05, 4.69) is 39.6 Å². The van der Waals surface area contributed by atoms with Crippen LogP contribution in [0.5, 0.6) is 0 Å². The Kier molecular flexibility index (Phi) is 5.42. The zero-order valence-corrected chi connectivity index (χ0v) is 18.0. The van der Waals surface area contributed by atoms with Gasteiger partial charge >= 0.3 is 0 Å². The number of tetrazole rings is 1. The van der Waals surface area contributed by atoms with Crippen molar-refractivity contribution in [3.8, 4) is 0 Å². The molecule has 2 fully saturated rings. The molecule has 1 atom stereocenters. The van der Waals surface area contributed by atoms with E-state index in [4.69, 9.17) is 0 Å². The molecule has 2 aromatic rings. The van der Waals surface area contributed by atoms with E-state index < -0.39 is 0 Å². The van der Waals surface area contributed by atoms with Crippen LogP contribution in [0, 0.1) is 6.92 Å². The van der Waals surface area contributed by atoms with Crippen molar-refractivity contribution >= 4 is 5.91 Å². The van der Waals surface area contributed by atoms with Crippen LogP contribution in [-0.4, -0.2) is 72.9 Å². The molecule has 0 radical (unpaired) electrons. The summed E-state index contributed by atoms with van der Waals surface area (Å²) in [5.74, 6) is 0.945. The van der Waals surface area contributed by atoms with Crippen LogP contribution in [0.4, 0.5) is 0 Å². The van der Waals surface area contributed by atoms with Gasteiger partial charge in [-0.25, -0.2) is 4.68 Å². The Hall–Kier alpha value is -2.29. The highest BCUT2D eigenvalue weighted by molar-refractivity contribution is 5.95. The Labute approximate surface area is 172 Å². The van der Waals surface area contributed by atoms with E-state index in [1.807, 2.05) is 28.1 Å². The molecule has 0 N–H and O–H groups in total. The van der Waals surface area contributed by atoms with Gasteiger partial charge in [-0.1, -0.05) is 12.8 Å². The van der Waals surface area contributed by atoms with Gasteiger partial charge in [0.15, 0.2) is 5.82 Å². The van der Waals surface area contributed by atoms with Gasteiger partial charge in [-0.15, -0.1) is 5.10 Å². The first-order valence-corrected chi connectivity index (χ1v) is 10.8. The maximum absolute atomic E-state index is 13.4. The Morgan fingerprint density at radius 2 is 2.03 bits per heavy atom. The number of rotatable bonds is 5. The van der Waals surface area contributed by atoms with E-state index in [9.17, 15) is 4.79 Å². The third-order valence-electron chi connectivity index (χ3n) is 6.83. The summed E-state index contributed by atoms with van der Waals surface area (Å²) in [7, 11) is 4.14. The molecule has 29 heavy (non-hydrogen) atoms. The molecule has 3 heterocycles. The van der Waals surface area contributed by atoms with Crippen molar-refractivity contribution in [1.82, 2.24) is 39.8 Å². The quantitative estimate of drug-likeness (QED) is 0.763. The monoisotopic (exact) mass is 400 g/mol. The molecule has 9 nitrogen and oxygen atoms in total. The summed E-state index contributed by atoms with van der Waals surface area (Å²) >= 11 is 0. The molecule has 0 aromatic carbocycles. The van der Waals surface area contributed by atoms with Gasteiger partial charge in [0.05, 0.1) is 17.8 Å². The fraction of sp³-hybridized carbons (Fsp3) is 0.750. The summed E-state index contributed by atoms with van der Waals surface area (Å²) in [5.41, 5.74) is 1.24. The van der Waals surface area contributed by atoms with Crippen molar-refractivity contribution in [1.29, 1.82) is 0 Å². The van der Waals surface area contributed by atoms with Gasteiger partial charge in [0, 0.05) is 25.3 Å². The number of hydrogen-bond donors (Lipinski definition) is 0. The molecule has 158 valence electrons. The standard InChI is InChI=1S/C20H32N8O/c1-5-27-15(2)17(13-21-27)18(29)26-12-8-11-20(14-26,25(3)4)19-22-23-24-28(19)16-9-6-7-10-16/h13,16H,5-12,14H2,1-4H3. The van der Waals surface area contributed by atoms with E-state index in [-0.39, 0.29) is 11.4 Å². The predicted molar refractivity (Wildman–Crippen MR) is 108 cm³/mol. The van der Waals surface area contributed by atoms with Gasteiger partial charge in [-0.05, 0) is 64.1 Å². The van der Waals surface area contributed by atoms with Crippen molar-refractivity contribution in [3.05, 3.63) is 23.3 Å². The highest BCUT2D eigenvalue weighted by Crippen LogP contribution is 2.38. The Bertz CT molecular complexity index is 866. The fourth-order valence-electron chi connectivity index (χ4n) is 5.00. The highest BCUT2D eigenvalue weighted by Gasteiger charge is 2.46. The summed E-state index contributed by atoms with van der Waals surface area (Å²) in [5, 5.41) is 17.3. The summed E-state index contributed by atoms with van der Waals surface area (Å²) in [6, 6.07) is 0.368. The van der Waals surface area contributed by atoms with Crippen LogP contribution in [0.3, 0.4) is 0 Å². The van der Waals surface area contributed by atoms with Crippen molar-refractivity contribution < 1.29 is 4.79 Å². The lowest BCUT2D eigenvalue weighted by molar-refractivity contribution is 0.0249. The van der Waals surface area contributed by atoms with E-state index in [0.717, 1.165) is 50.3 Å². The first-order chi connectivity index (χ1) is 14.0. The Morgan fingerprint density at radius 1 is 1.28 bits per heavy atom. The van der Waals surface area contributed by atoms with Crippen LogP contribution >= 0.6 is 0 Å². The minimum absolute atomic E-state index is 0.0491. The topological polar surface area (TPSA) is 85.0 Å². The van der Waals surface area contributed by atoms with Gasteiger partial charge in [-0.3, -0.25) is 14.4 Å². The maximum Gasteiger partial charge on any atom is 0.257 e. The third-order valence-corrected chi connectivity index (χ3v) is 6.83. The number of carbonyl (C=O) groups is 1. The van der Waals surface area contributed by atoms with Crippen molar-refractivity contribution in [2.45, 2.75) is 70.5 Å². The molecule has 2 aromatic heterocycles. The number of hydrogen-bond acceptors (Lipinski definition) is 6. The number of nitrogens with zero attached hydrogens (tertiary/aromatic N) is 8. The zero-order valence-electron chi connectivity index (χ0n) is 18.0. The minimum Gasteiger partial charge on any atom is -0.336 e. The molecule has 1 unspecified atom stereocenters. The molecule has 1 aliphatic heterocycles. The summed E-state index contributed by atoms with van der Waals surface area (Å²) in [6.07, 6.45) is 8.26. The zero-order chi connectivity index (χ0) is 20.6. The number of piperidine rings is 1. The van der Waals surface area contributed by atoms with Gasteiger partial charge in [0.1, 0.15) is 5.54 Å². The number of likely N-dealkylation sites (tertiary alicyclic amines) is 1. The Morgan fingerprint density at radius 3 is 2.69 bits per heavy atom. The van der Waals surface area contributed by atoms with E-state index >= 15 is 0 Å². The maximum atomic E-state index is 13.4. The second-order valence-electron chi connectivity index (χ2n) is 8.60. The second-order valence-corrected chi connectivity index (χ2v) is 8.60. The second kappa shape index (κ2) is 7.85. The largest absolute Gasteiger partial charge is 0.336 e. The Balaban J connectivity index is 1.66. The van der Waals surface area contributed by atoms with Gasteiger partial charge in [0.2, 0.25) is 0 Å². The summed E-state index contributed by atoms with van der Waals surface area (Å²) < 4.78 is 3.92. The van der Waals surface area contributed by atoms with E-state index in [1.165, 1.54) is 12.8 Å². The normalized spacial score (nSPS) is 23.3.